The second kappa shape index (κ2) is 27.4. The lowest BCUT2D eigenvalue weighted by Gasteiger charge is -2.29. The second-order valence-electron chi connectivity index (χ2n) is 18.6. The van der Waals surface area contributed by atoms with Gasteiger partial charge in [-0.05, 0) is 171 Å². The number of hydrogen-bond acceptors (Lipinski definition) is 9. The quantitative estimate of drug-likeness (QED) is 0.0304. The van der Waals surface area contributed by atoms with E-state index in [1.165, 1.54) is 85.8 Å². The Morgan fingerprint density at radius 1 is 0.471 bits per heavy atom. The third-order valence-electron chi connectivity index (χ3n) is 13.9. The maximum atomic E-state index is 11.2. The first-order valence-corrected chi connectivity index (χ1v) is 25.4. The van der Waals surface area contributed by atoms with Crippen molar-refractivity contribution in [3.8, 4) is 51.3 Å². The molecule has 0 amide bonds. The molecule has 9 heteroatoms. The topological polar surface area (TPSA) is 113 Å². The number of carbonyl (C=O) groups is 2. The molecule has 0 atom stereocenters. The van der Waals surface area contributed by atoms with E-state index >= 15 is 0 Å². The number of esters is 2. The number of nitriles is 1. The molecule has 2 fully saturated rings. The Morgan fingerprint density at radius 2 is 0.857 bits per heavy atom. The zero-order valence-corrected chi connectivity index (χ0v) is 40.7. The van der Waals surface area contributed by atoms with Crippen LogP contribution in [0.2, 0.25) is 0 Å². The van der Waals surface area contributed by atoms with Crippen LogP contribution in [0.1, 0.15) is 118 Å². The van der Waals surface area contributed by atoms with E-state index in [9.17, 15) is 14.9 Å². The monoisotopic (exact) mass is 944 g/mol. The van der Waals surface area contributed by atoms with Gasteiger partial charge in [0.15, 0.2) is 11.5 Å². The summed E-state index contributed by atoms with van der Waals surface area (Å²) >= 11 is 0. The summed E-state index contributed by atoms with van der Waals surface area (Å²) < 4.78 is 34.2. The third-order valence-corrected chi connectivity index (χ3v) is 13.9. The number of ether oxygens (including phenoxy) is 6. The van der Waals surface area contributed by atoms with Crippen LogP contribution in [0.5, 0.6) is 23.0 Å². The summed E-state index contributed by atoms with van der Waals surface area (Å²) in [5, 5.41) is 9.62. The third kappa shape index (κ3) is 15.9. The van der Waals surface area contributed by atoms with E-state index in [2.05, 4.69) is 92.0 Å². The van der Waals surface area contributed by atoms with Crippen molar-refractivity contribution in [2.45, 2.75) is 102 Å². The average molecular weight is 944 g/mol. The lowest BCUT2D eigenvalue weighted by atomic mass is 9.77. The first kappa shape index (κ1) is 51.1. The maximum Gasteiger partial charge on any atom is 0.330 e. The van der Waals surface area contributed by atoms with Gasteiger partial charge >= 0.3 is 11.9 Å². The largest absolute Gasteiger partial charge is 0.493 e. The average Bonchev–Trinajstić information content (AvgIpc) is 3.41. The molecule has 7 rings (SSSR count). The van der Waals surface area contributed by atoms with E-state index in [4.69, 9.17) is 28.4 Å². The van der Waals surface area contributed by atoms with Crippen molar-refractivity contribution >= 4 is 11.9 Å². The van der Waals surface area contributed by atoms with Gasteiger partial charge in [-0.3, -0.25) is 0 Å². The Balaban J connectivity index is 0.756. The van der Waals surface area contributed by atoms with E-state index in [1.807, 2.05) is 42.5 Å². The molecule has 0 radical (unpaired) electrons. The Hall–Kier alpha value is -6.79. The predicted octanol–water partition coefficient (Wildman–Crippen LogP) is 14.2. The fourth-order valence-electron chi connectivity index (χ4n) is 9.83. The van der Waals surface area contributed by atoms with Crippen LogP contribution in [0.15, 0.2) is 141 Å². The van der Waals surface area contributed by atoms with Gasteiger partial charge in [-0.15, -0.1) is 0 Å². The molecule has 0 saturated heterocycles. The predicted molar refractivity (Wildman–Crippen MR) is 276 cm³/mol. The van der Waals surface area contributed by atoms with Crippen molar-refractivity contribution in [1.82, 2.24) is 0 Å². The summed E-state index contributed by atoms with van der Waals surface area (Å²) in [5.41, 5.74) is 8.12. The molecule has 366 valence electrons. The summed E-state index contributed by atoms with van der Waals surface area (Å²) in [7, 11) is 0. The smallest absolute Gasteiger partial charge is 0.330 e. The molecule has 70 heavy (non-hydrogen) atoms. The Kier molecular flexibility index (Phi) is 20.0. The van der Waals surface area contributed by atoms with E-state index in [1.54, 1.807) is 0 Å². The van der Waals surface area contributed by atoms with Gasteiger partial charge in [-0.2, -0.15) is 5.26 Å². The van der Waals surface area contributed by atoms with Crippen LogP contribution in [0.25, 0.3) is 22.3 Å². The maximum absolute atomic E-state index is 11.2. The minimum atomic E-state index is -0.413. The molecule has 2 aliphatic carbocycles. The van der Waals surface area contributed by atoms with Crippen molar-refractivity contribution in [1.29, 1.82) is 5.26 Å². The van der Waals surface area contributed by atoms with E-state index in [0.29, 0.717) is 87.5 Å². The molecule has 2 saturated carbocycles. The highest BCUT2D eigenvalue weighted by molar-refractivity contribution is 5.81. The van der Waals surface area contributed by atoms with Crippen LogP contribution in [0.4, 0.5) is 0 Å². The van der Waals surface area contributed by atoms with Crippen molar-refractivity contribution in [2.75, 3.05) is 39.6 Å². The molecular formula is C61H69NO8. The number of nitrogens with zero attached hydrogens (tertiary/aromatic N) is 1. The number of carbonyl (C=O) groups excluding carboxylic acids is 2. The highest BCUT2D eigenvalue weighted by Crippen LogP contribution is 2.40. The molecule has 0 bridgehead atoms. The highest BCUT2D eigenvalue weighted by atomic mass is 16.5. The minimum absolute atomic E-state index is 0.313. The number of hydrogen-bond donors (Lipinski definition) is 0. The van der Waals surface area contributed by atoms with Gasteiger partial charge in [0.05, 0.1) is 51.3 Å². The lowest BCUT2D eigenvalue weighted by molar-refractivity contribution is -0.138. The van der Waals surface area contributed by atoms with E-state index in [0.717, 1.165) is 54.1 Å². The molecule has 0 heterocycles. The van der Waals surface area contributed by atoms with Crippen molar-refractivity contribution in [2.24, 2.45) is 11.8 Å². The van der Waals surface area contributed by atoms with Gasteiger partial charge in [-0.1, -0.05) is 86.0 Å². The van der Waals surface area contributed by atoms with Crippen LogP contribution in [0, 0.1) is 23.2 Å². The highest BCUT2D eigenvalue weighted by Gasteiger charge is 2.24. The minimum Gasteiger partial charge on any atom is -0.493 e. The Labute approximate surface area is 415 Å². The fraction of sp³-hybridized carbons (Fsp3) is 0.393. The van der Waals surface area contributed by atoms with Gasteiger partial charge in [-0.25, -0.2) is 9.59 Å². The van der Waals surface area contributed by atoms with Gasteiger partial charge in [0.2, 0.25) is 0 Å². The normalized spacial score (nSPS) is 17.6. The van der Waals surface area contributed by atoms with Gasteiger partial charge in [0.25, 0.3) is 0 Å². The number of benzene rings is 5. The zero-order valence-electron chi connectivity index (χ0n) is 40.7. The second-order valence-corrected chi connectivity index (χ2v) is 18.6. The lowest BCUT2D eigenvalue weighted by Crippen LogP contribution is -2.14. The molecule has 9 nitrogen and oxygen atoms in total. The SMILES string of the molecule is C=CC(=O)OCCCOc1ccc(-c2ccc([C@H]3CC[C@H](CCCOc4ccc(C#N)cc4OCCC[C@H]4CC[C@H](c5ccc(-c6ccc(OCCCOC(=O)C=C)cc6)cc5)CC4)CC3)cc2)cc1. The van der Waals surface area contributed by atoms with Gasteiger partial charge < -0.3 is 28.4 Å². The molecule has 0 N–H and O–H groups in total. The van der Waals surface area contributed by atoms with Crippen molar-refractivity contribution < 1.29 is 38.0 Å². The molecule has 5 aromatic carbocycles. The molecule has 0 spiro atoms. The van der Waals surface area contributed by atoms with Crippen LogP contribution in [-0.2, 0) is 19.1 Å². The molecule has 0 unspecified atom stereocenters. The first-order valence-electron chi connectivity index (χ1n) is 25.4. The molecular weight excluding hydrogens is 875 g/mol. The summed E-state index contributed by atoms with van der Waals surface area (Å²) in [6.45, 7) is 9.64. The standard InChI is InChI=1S/C61H69NO8/c1-3-60(63)69-41-7-39-65-56-32-28-54(29-33-56)52-24-20-50(21-25-52)48-16-11-45(12-17-48)9-5-37-67-58-36-15-47(44-62)43-59(58)68-38-6-10-46-13-18-49(19-14-46)51-22-26-53(27-23-51)55-30-34-57(35-31-55)66-40-8-42-70-61(64)4-2/h3-4,15,20-36,43,45-46,48-49H,1-2,5-14,16-19,37-42H2/t45-,46-,48-,49-. The molecule has 5 aromatic rings. The van der Waals surface area contributed by atoms with Crippen LogP contribution < -0.4 is 18.9 Å². The Morgan fingerprint density at radius 3 is 1.26 bits per heavy atom. The van der Waals surface area contributed by atoms with Gasteiger partial charge in [0.1, 0.15) is 11.5 Å². The summed E-state index contributed by atoms with van der Waals surface area (Å²) in [6, 6.07) is 42.2. The van der Waals surface area contributed by atoms with Crippen molar-refractivity contribution in [3.63, 3.8) is 0 Å². The fourth-order valence-corrected chi connectivity index (χ4v) is 9.83. The molecule has 2 aliphatic rings. The molecule has 0 aliphatic heterocycles. The van der Waals surface area contributed by atoms with Gasteiger partial charge in [0, 0.05) is 31.1 Å². The summed E-state index contributed by atoms with van der Waals surface area (Å²) in [6.07, 6.45) is 17.6. The van der Waals surface area contributed by atoms with Crippen LogP contribution in [0.3, 0.4) is 0 Å². The summed E-state index contributed by atoms with van der Waals surface area (Å²) in [4.78, 5) is 22.3. The van der Waals surface area contributed by atoms with E-state index < -0.39 is 11.9 Å². The number of rotatable bonds is 26. The van der Waals surface area contributed by atoms with Crippen LogP contribution >= 0.6 is 0 Å². The Bertz CT molecular complexity index is 2440. The summed E-state index contributed by atoms with van der Waals surface area (Å²) in [5.74, 6) is 4.78. The van der Waals surface area contributed by atoms with E-state index in [-0.39, 0.29) is 0 Å². The van der Waals surface area contributed by atoms with Crippen LogP contribution in [-0.4, -0.2) is 51.6 Å². The zero-order chi connectivity index (χ0) is 48.8. The first-order chi connectivity index (χ1) is 34.4. The molecule has 0 aromatic heterocycles. The van der Waals surface area contributed by atoms with Crippen molar-refractivity contribution in [3.05, 3.63) is 157 Å².